The largest absolute Gasteiger partial charge is 1.00 e. The first-order valence-electron chi connectivity index (χ1n) is 3.24. The van der Waals surface area contributed by atoms with Crippen LogP contribution < -0.4 is 103 Å². The van der Waals surface area contributed by atoms with Crippen LogP contribution in [0.5, 0.6) is 0 Å². The summed E-state index contributed by atoms with van der Waals surface area (Å²) in [5.41, 5.74) is 0. The summed E-state index contributed by atoms with van der Waals surface area (Å²) in [7, 11) is 0. The Morgan fingerprint density at radius 2 is 1.33 bits per heavy atom. The van der Waals surface area contributed by atoms with Gasteiger partial charge in [0.2, 0.25) is 0 Å². The SMILES string of the molecule is [K+].[K+].[c-]1cccc2ccc[c-]c12. The molecule has 0 atom stereocenters. The van der Waals surface area contributed by atoms with Crippen LogP contribution in [0.25, 0.3) is 10.8 Å². The minimum absolute atomic E-state index is 0. The van der Waals surface area contributed by atoms with Gasteiger partial charge in [0.05, 0.1) is 0 Å². The van der Waals surface area contributed by atoms with E-state index in [0.29, 0.717) is 0 Å². The standard InChI is InChI=1S/C10H6.2K/c1-2-6-10-8-4-3-7-9(10)5-1;;/h1-5,7H;;/q-2;2*+1. The second-order valence-electron chi connectivity index (χ2n) is 2.17. The Bertz CT molecular complexity index is 279. The van der Waals surface area contributed by atoms with Gasteiger partial charge in [-0.25, -0.2) is 23.6 Å². The van der Waals surface area contributed by atoms with Crippen LogP contribution >= 0.6 is 0 Å². The first-order chi connectivity index (χ1) is 4.97. The molecule has 12 heavy (non-hydrogen) atoms. The quantitative estimate of drug-likeness (QED) is 0.308. The van der Waals surface area contributed by atoms with Crippen molar-refractivity contribution >= 4 is 10.8 Å². The van der Waals surface area contributed by atoms with Crippen LogP contribution in [0.3, 0.4) is 0 Å². The van der Waals surface area contributed by atoms with Gasteiger partial charge in [-0.2, -0.15) is 6.07 Å². The van der Waals surface area contributed by atoms with E-state index >= 15 is 0 Å². The minimum atomic E-state index is 0. The zero-order valence-corrected chi connectivity index (χ0v) is 13.7. The van der Waals surface area contributed by atoms with E-state index in [0.717, 1.165) is 5.39 Å². The van der Waals surface area contributed by atoms with Crippen molar-refractivity contribution in [1.82, 2.24) is 0 Å². The summed E-state index contributed by atoms with van der Waals surface area (Å²) in [4.78, 5) is 0. The van der Waals surface area contributed by atoms with E-state index in [1.54, 1.807) is 0 Å². The van der Waals surface area contributed by atoms with Gasteiger partial charge in [-0.05, 0) is 0 Å². The van der Waals surface area contributed by atoms with Crippen LogP contribution in [0.15, 0.2) is 36.4 Å². The van der Waals surface area contributed by atoms with E-state index in [1.807, 2.05) is 24.3 Å². The summed E-state index contributed by atoms with van der Waals surface area (Å²) in [6.45, 7) is 0. The van der Waals surface area contributed by atoms with Gasteiger partial charge in [0, 0.05) is 0 Å². The zero-order valence-electron chi connectivity index (χ0n) is 7.46. The summed E-state index contributed by atoms with van der Waals surface area (Å²) < 4.78 is 0. The van der Waals surface area contributed by atoms with Crippen LogP contribution in [-0.2, 0) is 0 Å². The molecule has 0 fully saturated rings. The molecule has 0 aliphatic heterocycles. The second kappa shape index (κ2) is 7.29. The van der Waals surface area contributed by atoms with Crippen molar-refractivity contribution in [2.45, 2.75) is 0 Å². The van der Waals surface area contributed by atoms with Crippen LogP contribution in [0.2, 0.25) is 0 Å². The van der Waals surface area contributed by atoms with Crippen molar-refractivity contribution in [3.05, 3.63) is 48.5 Å². The fourth-order valence-electron chi connectivity index (χ4n) is 0.997. The summed E-state index contributed by atoms with van der Waals surface area (Å²) in [5.74, 6) is 0. The maximum Gasteiger partial charge on any atom is 1.00 e. The van der Waals surface area contributed by atoms with Crippen molar-refractivity contribution in [3.63, 3.8) is 0 Å². The number of hydrogen-bond donors (Lipinski definition) is 0. The molecule has 48 valence electrons. The molecule has 2 heteroatoms. The monoisotopic (exact) mass is 204 g/mol. The van der Waals surface area contributed by atoms with Gasteiger partial charge in [0.1, 0.15) is 0 Å². The number of hydrogen-bond acceptors (Lipinski definition) is 0. The molecule has 0 saturated heterocycles. The third-order valence-corrected chi connectivity index (χ3v) is 1.49. The normalized spacial score (nSPS) is 8.33. The van der Waals surface area contributed by atoms with E-state index in [4.69, 9.17) is 0 Å². The smallest absolute Gasteiger partial charge is 0.286 e. The molecule has 0 aliphatic rings. The molecule has 0 saturated carbocycles. The summed E-state index contributed by atoms with van der Waals surface area (Å²) in [5, 5.41) is 2.26. The van der Waals surface area contributed by atoms with E-state index in [-0.39, 0.29) is 103 Å². The summed E-state index contributed by atoms with van der Waals surface area (Å²) >= 11 is 0. The van der Waals surface area contributed by atoms with E-state index in [1.165, 1.54) is 5.39 Å². The summed E-state index contributed by atoms with van der Waals surface area (Å²) in [6, 6.07) is 18.1. The fourth-order valence-corrected chi connectivity index (χ4v) is 0.997. The Kier molecular flexibility index (Phi) is 8.49. The fraction of sp³-hybridized carbons (Fsp3) is 0. The van der Waals surface area contributed by atoms with Crippen LogP contribution in [-0.4, -0.2) is 0 Å². The Morgan fingerprint density at radius 1 is 0.833 bits per heavy atom. The molecule has 2 aromatic rings. The van der Waals surface area contributed by atoms with Crippen LogP contribution in [0.4, 0.5) is 0 Å². The first kappa shape index (κ1) is 14.0. The van der Waals surface area contributed by atoms with Crippen molar-refractivity contribution in [2.24, 2.45) is 0 Å². The molecule has 2 aromatic carbocycles. The molecular formula is C10H6K2. The maximum absolute atomic E-state index is 3.10. The average Bonchev–Trinajstić information content (AvgIpc) is 2.05. The number of rotatable bonds is 0. The van der Waals surface area contributed by atoms with Gasteiger partial charge in [0.15, 0.2) is 0 Å². The van der Waals surface area contributed by atoms with Crippen molar-refractivity contribution in [2.75, 3.05) is 0 Å². The molecule has 0 unspecified atom stereocenters. The van der Waals surface area contributed by atoms with Crippen LogP contribution in [0.1, 0.15) is 0 Å². The molecular weight excluding hydrogens is 198 g/mol. The molecule has 0 aliphatic carbocycles. The predicted molar refractivity (Wildman–Crippen MR) is 41.6 cm³/mol. The zero-order chi connectivity index (χ0) is 6.81. The van der Waals surface area contributed by atoms with Crippen molar-refractivity contribution in [3.8, 4) is 0 Å². The third kappa shape index (κ3) is 3.61. The Morgan fingerprint density at radius 3 is 1.75 bits per heavy atom. The van der Waals surface area contributed by atoms with Crippen molar-refractivity contribution < 1.29 is 103 Å². The Labute approximate surface area is 158 Å². The Hall–Kier alpha value is 1.97. The molecule has 0 spiro atoms. The molecule has 0 amide bonds. The maximum atomic E-state index is 3.10. The van der Waals surface area contributed by atoms with Gasteiger partial charge < -0.3 is 0 Å². The van der Waals surface area contributed by atoms with Crippen LogP contribution in [0, 0.1) is 12.1 Å². The molecule has 2 rings (SSSR count). The molecule has 0 radical (unpaired) electrons. The Balaban J connectivity index is 0.000000605. The molecule has 0 N–H and O–H groups in total. The summed E-state index contributed by atoms with van der Waals surface area (Å²) in [6.07, 6.45) is 0. The van der Waals surface area contributed by atoms with Gasteiger partial charge in [-0.1, -0.05) is 6.07 Å². The molecule has 0 aromatic heterocycles. The van der Waals surface area contributed by atoms with E-state index in [2.05, 4.69) is 24.3 Å². The molecule has 0 heterocycles. The minimum Gasteiger partial charge on any atom is -0.286 e. The molecule has 0 bridgehead atoms. The van der Waals surface area contributed by atoms with Gasteiger partial charge in [-0.15, -0.1) is 6.07 Å². The van der Waals surface area contributed by atoms with Crippen molar-refractivity contribution in [1.29, 1.82) is 0 Å². The first-order valence-corrected chi connectivity index (χ1v) is 3.24. The van der Waals surface area contributed by atoms with Gasteiger partial charge >= 0.3 is 103 Å². The second-order valence-corrected chi connectivity index (χ2v) is 2.17. The predicted octanol–water partition coefficient (Wildman–Crippen LogP) is -3.55. The third-order valence-electron chi connectivity index (χ3n) is 1.49. The van der Waals surface area contributed by atoms with E-state index in [9.17, 15) is 0 Å². The average molecular weight is 204 g/mol. The topological polar surface area (TPSA) is 0 Å². The molecule has 0 nitrogen and oxygen atoms in total. The number of benzene rings is 2. The van der Waals surface area contributed by atoms with Gasteiger partial charge in [-0.3, -0.25) is 17.5 Å². The number of fused-ring (bicyclic) bond motifs is 1. The van der Waals surface area contributed by atoms with E-state index < -0.39 is 0 Å². The van der Waals surface area contributed by atoms with Gasteiger partial charge in [0.25, 0.3) is 0 Å².